The van der Waals surface area contributed by atoms with E-state index in [2.05, 4.69) is 73.1 Å². The Morgan fingerprint density at radius 3 is 2.28 bits per heavy atom. The van der Waals surface area contributed by atoms with Crippen LogP contribution in [0.5, 0.6) is 0 Å². The highest BCUT2D eigenvalue weighted by molar-refractivity contribution is 5.83. The highest BCUT2D eigenvalue weighted by atomic mass is 16.5. The molecule has 0 unspecified atom stereocenters. The van der Waals surface area contributed by atoms with Gasteiger partial charge in [0.2, 0.25) is 0 Å². The molecule has 0 aliphatic heterocycles. The number of carboxylic acid groups (broad SMARTS) is 1. The van der Waals surface area contributed by atoms with E-state index in [9.17, 15) is 4.79 Å². The lowest BCUT2D eigenvalue weighted by atomic mass is 9.82. The number of hydrogen-bond donors (Lipinski definition) is 1. The third-order valence-electron chi connectivity index (χ3n) is 6.49. The predicted octanol–water partition coefficient (Wildman–Crippen LogP) is 5.74. The maximum atomic E-state index is 10.7. The fraction of sp³-hybridized carbons (Fsp3) is 0.407. The minimum Gasteiger partial charge on any atom is -0.480 e. The molecule has 0 radical (unpaired) electrons. The summed E-state index contributed by atoms with van der Waals surface area (Å²) in [4.78, 5) is 10.7. The van der Waals surface area contributed by atoms with Crippen molar-refractivity contribution in [2.24, 2.45) is 11.8 Å². The Labute approximate surface area is 190 Å². The Kier molecular flexibility index (Phi) is 7.05. The highest BCUT2D eigenvalue weighted by Gasteiger charge is 2.25. The van der Waals surface area contributed by atoms with Crippen LogP contribution in [0.4, 0.5) is 0 Å². The lowest BCUT2D eigenvalue weighted by Gasteiger charge is -2.28. The van der Waals surface area contributed by atoms with Gasteiger partial charge in [-0.3, -0.25) is 4.68 Å². The van der Waals surface area contributed by atoms with E-state index < -0.39 is 5.97 Å². The number of carboxylic acids is 1. The standard InChI is InChI=1S/C27H32N2O3/c1-19-8-14-23(15-9-19)26-20(2)28-29(27(26)24-6-4-3-5-7-24)16-21-10-12-22(13-11-21)17-32-18-25(30)31/h3-9,14-15,21-22H,10-13,16-18H2,1-2H3,(H,30,31)/t21-,22-. The molecule has 1 heterocycles. The number of rotatable bonds is 8. The largest absolute Gasteiger partial charge is 0.480 e. The molecule has 0 saturated heterocycles. The Hall–Kier alpha value is -2.92. The van der Waals surface area contributed by atoms with Crippen molar-refractivity contribution in [1.82, 2.24) is 9.78 Å². The normalized spacial score (nSPS) is 18.6. The SMILES string of the molecule is Cc1ccc(-c2c(C)nn(C[C@H]3CC[C@H](COCC(=O)O)CC3)c2-c2ccccc2)cc1. The summed E-state index contributed by atoms with van der Waals surface area (Å²) in [5, 5.41) is 13.7. The van der Waals surface area contributed by atoms with Gasteiger partial charge in [-0.15, -0.1) is 0 Å². The molecule has 168 valence electrons. The quantitative estimate of drug-likeness (QED) is 0.493. The van der Waals surface area contributed by atoms with Crippen LogP contribution in [0.15, 0.2) is 54.6 Å². The average molecular weight is 433 g/mol. The van der Waals surface area contributed by atoms with E-state index in [-0.39, 0.29) is 6.61 Å². The van der Waals surface area contributed by atoms with Gasteiger partial charge in [-0.05, 0) is 56.9 Å². The van der Waals surface area contributed by atoms with Gasteiger partial charge >= 0.3 is 5.97 Å². The summed E-state index contributed by atoms with van der Waals surface area (Å²) in [6.07, 6.45) is 4.40. The zero-order valence-electron chi connectivity index (χ0n) is 19.0. The fourth-order valence-corrected chi connectivity index (χ4v) is 4.81. The number of benzene rings is 2. The summed E-state index contributed by atoms with van der Waals surface area (Å²) >= 11 is 0. The van der Waals surface area contributed by atoms with Crippen LogP contribution in [0.3, 0.4) is 0 Å². The zero-order chi connectivity index (χ0) is 22.5. The molecule has 4 rings (SSSR count). The molecule has 1 aliphatic rings. The van der Waals surface area contributed by atoms with Gasteiger partial charge in [0.1, 0.15) is 6.61 Å². The van der Waals surface area contributed by atoms with Gasteiger partial charge in [-0.1, -0.05) is 60.2 Å². The maximum absolute atomic E-state index is 10.7. The number of ether oxygens (including phenoxy) is 1. The van der Waals surface area contributed by atoms with Gasteiger partial charge in [0.05, 0.1) is 18.0 Å². The molecule has 1 saturated carbocycles. The van der Waals surface area contributed by atoms with Crippen LogP contribution in [0, 0.1) is 25.7 Å². The first kappa shape index (κ1) is 22.3. The zero-order valence-corrected chi connectivity index (χ0v) is 19.0. The summed E-state index contributed by atoms with van der Waals surface area (Å²) < 4.78 is 7.54. The molecule has 1 aromatic heterocycles. The maximum Gasteiger partial charge on any atom is 0.329 e. The fourth-order valence-electron chi connectivity index (χ4n) is 4.81. The van der Waals surface area contributed by atoms with E-state index in [4.69, 9.17) is 14.9 Å². The molecule has 0 amide bonds. The van der Waals surface area contributed by atoms with Gasteiger partial charge in [0.15, 0.2) is 0 Å². The Morgan fingerprint density at radius 2 is 1.62 bits per heavy atom. The second-order valence-electron chi connectivity index (χ2n) is 9.02. The number of hydrogen-bond acceptors (Lipinski definition) is 3. The van der Waals surface area contributed by atoms with Crippen molar-refractivity contribution >= 4 is 5.97 Å². The first-order chi connectivity index (χ1) is 15.5. The van der Waals surface area contributed by atoms with E-state index in [0.717, 1.165) is 37.9 Å². The van der Waals surface area contributed by atoms with Gasteiger partial charge in [0, 0.05) is 17.7 Å². The number of aliphatic carboxylic acids is 1. The summed E-state index contributed by atoms with van der Waals surface area (Å²) in [5.74, 6) is 0.130. The van der Waals surface area contributed by atoms with Crippen molar-refractivity contribution in [3.63, 3.8) is 0 Å². The van der Waals surface area contributed by atoms with Gasteiger partial charge in [-0.2, -0.15) is 5.10 Å². The van der Waals surface area contributed by atoms with Crippen LogP contribution >= 0.6 is 0 Å². The Balaban J connectivity index is 1.54. The van der Waals surface area contributed by atoms with Crippen LogP contribution in [-0.4, -0.2) is 34.1 Å². The number of aryl methyl sites for hydroxylation is 2. The van der Waals surface area contributed by atoms with Crippen molar-refractivity contribution in [2.45, 2.75) is 46.1 Å². The molecule has 5 heteroatoms. The summed E-state index contributed by atoms with van der Waals surface area (Å²) in [7, 11) is 0. The second kappa shape index (κ2) is 10.1. The van der Waals surface area contributed by atoms with Gasteiger partial charge in [0.25, 0.3) is 0 Å². The average Bonchev–Trinajstić information content (AvgIpc) is 3.11. The number of carbonyl (C=O) groups is 1. The topological polar surface area (TPSA) is 64.4 Å². The molecule has 0 atom stereocenters. The molecule has 0 spiro atoms. The number of nitrogens with zero attached hydrogens (tertiary/aromatic N) is 2. The molecule has 1 fully saturated rings. The summed E-state index contributed by atoms with van der Waals surface area (Å²) in [6, 6.07) is 19.3. The molecule has 0 bridgehead atoms. The van der Waals surface area contributed by atoms with Crippen molar-refractivity contribution in [2.75, 3.05) is 13.2 Å². The molecular weight excluding hydrogens is 400 g/mol. The Bertz CT molecular complexity index is 1030. The van der Waals surface area contributed by atoms with E-state index in [1.165, 1.54) is 27.9 Å². The molecule has 2 aromatic carbocycles. The van der Waals surface area contributed by atoms with E-state index in [0.29, 0.717) is 18.4 Å². The third-order valence-corrected chi connectivity index (χ3v) is 6.49. The predicted molar refractivity (Wildman–Crippen MR) is 126 cm³/mol. The van der Waals surface area contributed by atoms with Gasteiger partial charge < -0.3 is 9.84 Å². The van der Waals surface area contributed by atoms with Crippen molar-refractivity contribution in [3.05, 3.63) is 65.9 Å². The molecule has 5 nitrogen and oxygen atoms in total. The second-order valence-corrected chi connectivity index (χ2v) is 9.02. The van der Waals surface area contributed by atoms with Crippen LogP contribution in [0.25, 0.3) is 22.4 Å². The van der Waals surface area contributed by atoms with E-state index >= 15 is 0 Å². The van der Waals surface area contributed by atoms with Crippen molar-refractivity contribution < 1.29 is 14.6 Å². The molecular formula is C27H32N2O3. The monoisotopic (exact) mass is 432 g/mol. The summed E-state index contributed by atoms with van der Waals surface area (Å²) in [5.41, 5.74) is 7.12. The first-order valence-electron chi connectivity index (χ1n) is 11.5. The molecule has 32 heavy (non-hydrogen) atoms. The third kappa shape index (κ3) is 5.28. The lowest BCUT2D eigenvalue weighted by Crippen LogP contribution is -2.23. The number of aromatic nitrogens is 2. The van der Waals surface area contributed by atoms with Crippen molar-refractivity contribution in [1.29, 1.82) is 0 Å². The molecule has 3 aromatic rings. The highest BCUT2D eigenvalue weighted by Crippen LogP contribution is 2.37. The van der Waals surface area contributed by atoms with E-state index in [1.54, 1.807) is 0 Å². The van der Waals surface area contributed by atoms with Gasteiger partial charge in [-0.25, -0.2) is 4.79 Å². The van der Waals surface area contributed by atoms with Crippen LogP contribution in [0.1, 0.15) is 36.9 Å². The Morgan fingerprint density at radius 1 is 0.969 bits per heavy atom. The lowest BCUT2D eigenvalue weighted by molar-refractivity contribution is -0.142. The first-order valence-corrected chi connectivity index (χ1v) is 11.5. The molecule has 1 N–H and O–H groups in total. The van der Waals surface area contributed by atoms with Crippen LogP contribution in [0.2, 0.25) is 0 Å². The van der Waals surface area contributed by atoms with Crippen molar-refractivity contribution in [3.8, 4) is 22.4 Å². The smallest absolute Gasteiger partial charge is 0.329 e. The minimum atomic E-state index is -0.898. The summed E-state index contributed by atoms with van der Waals surface area (Å²) in [6.45, 7) is 5.47. The van der Waals surface area contributed by atoms with E-state index in [1.807, 2.05) is 0 Å². The van der Waals surface area contributed by atoms with Crippen LogP contribution < -0.4 is 0 Å². The van der Waals surface area contributed by atoms with Crippen LogP contribution in [-0.2, 0) is 16.1 Å². The molecule has 1 aliphatic carbocycles. The minimum absolute atomic E-state index is 0.200.